The molecule has 13 nitrogen and oxygen atoms in total. The summed E-state index contributed by atoms with van der Waals surface area (Å²) < 4.78 is 9.88. The summed E-state index contributed by atoms with van der Waals surface area (Å²) in [4.78, 5) is 45.5. The number of esters is 1. The van der Waals surface area contributed by atoms with Crippen LogP contribution < -0.4 is 4.90 Å². The first-order chi connectivity index (χ1) is 25.0. The Labute approximate surface area is 305 Å². The molecule has 4 aromatic rings. The zero-order valence-corrected chi connectivity index (χ0v) is 31.4. The van der Waals surface area contributed by atoms with Crippen LogP contribution in [0, 0.1) is 35.0 Å². The molecule has 0 spiro atoms. The predicted molar refractivity (Wildman–Crippen MR) is 197 cm³/mol. The van der Waals surface area contributed by atoms with E-state index in [2.05, 4.69) is 77.0 Å². The zero-order valence-electron chi connectivity index (χ0n) is 31.4. The third-order valence-electron chi connectivity index (χ3n) is 12.8. The van der Waals surface area contributed by atoms with Crippen LogP contribution in [0.1, 0.15) is 65.9 Å². The lowest BCUT2D eigenvalue weighted by Crippen LogP contribution is -2.54. The Morgan fingerprint density at radius 2 is 1.85 bits per heavy atom. The fourth-order valence-corrected chi connectivity index (χ4v) is 9.23. The number of carbonyl (C=O) groups excluding carboxylic acids is 2. The van der Waals surface area contributed by atoms with Gasteiger partial charge in [0, 0.05) is 49.5 Å². The van der Waals surface area contributed by atoms with Gasteiger partial charge in [-0.2, -0.15) is 0 Å². The zero-order chi connectivity index (χ0) is 36.7. The standard InChI is InChI=1S/C39H53N9O4/c1-7-25(3)39(5)32(18-24(2)36(51)26(4)29-12-13-31(49)34(29)39)52-33(50)21-48-20-30(43-44-48)28-10-8-27(9-11-28)19-47-23-42-35-37(40-22-41-38(35)47)46-16-14-45(6)15-17-46/h8-11,20,22-26,29,32,34,36,51H,7,12-19,21H2,1-6H3/t24-,25?,26+,29?,32+,34-,36+,39-/m0/s1. The number of aliphatic hydroxyl groups excluding tert-OH is 1. The van der Waals surface area contributed by atoms with Crippen LogP contribution in [0.2, 0.25) is 0 Å². The molecule has 0 bridgehead atoms. The minimum absolute atomic E-state index is 0.00917. The number of imidazole rings is 1. The Morgan fingerprint density at radius 3 is 2.58 bits per heavy atom. The maximum absolute atomic E-state index is 13.6. The van der Waals surface area contributed by atoms with Crippen molar-refractivity contribution in [2.24, 2.45) is 35.0 Å². The number of piperazine rings is 1. The van der Waals surface area contributed by atoms with Crippen molar-refractivity contribution < 1.29 is 19.4 Å². The number of aliphatic hydroxyl groups is 1. The number of likely N-dealkylation sites (N-methyl/N-ethyl adjacent to an activating group) is 1. The van der Waals surface area contributed by atoms with E-state index < -0.39 is 23.6 Å². The number of fused-ring (bicyclic) bond motifs is 2. The van der Waals surface area contributed by atoms with Crippen LogP contribution in [0.25, 0.3) is 22.4 Å². The second kappa shape index (κ2) is 14.7. The number of carbonyl (C=O) groups is 2. The number of anilines is 1. The van der Waals surface area contributed by atoms with Crippen LogP contribution in [0.4, 0.5) is 5.82 Å². The van der Waals surface area contributed by atoms with Gasteiger partial charge in [-0.05, 0) is 49.1 Å². The van der Waals surface area contributed by atoms with E-state index in [1.54, 1.807) is 12.5 Å². The smallest absolute Gasteiger partial charge is 0.328 e. The average molecular weight is 712 g/mol. The highest BCUT2D eigenvalue weighted by molar-refractivity contribution is 5.85. The summed E-state index contributed by atoms with van der Waals surface area (Å²) in [5.74, 6) is 0.600. The maximum Gasteiger partial charge on any atom is 0.328 e. The second-order valence-electron chi connectivity index (χ2n) is 15.9. The number of rotatable bonds is 9. The number of ketones is 1. The van der Waals surface area contributed by atoms with E-state index in [1.807, 2.05) is 30.0 Å². The van der Waals surface area contributed by atoms with Gasteiger partial charge in [-0.3, -0.25) is 9.59 Å². The van der Waals surface area contributed by atoms with E-state index in [0.717, 1.165) is 67.1 Å². The van der Waals surface area contributed by atoms with Gasteiger partial charge in [-0.1, -0.05) is 70.5 Å². The summed E-state index contributed by atoms with van der Waals surface area (Å²) in [6.45, 7) is 14.9. The SMILES string of the molecule is CCC(C)[C@]1(C)[C@@H]2C(=O)CCC2[C@@H](C)[C@H](O)[C@@H](C)C[C@H]1OC(=O)Cn1cc(-c2ccc(Cn3cnc4c(N5CCN(C)CC5)ncnc43)cc2)nn1. The molecule has 13 heteroatoms. The van der Waals surface area contributed by atoms with Gasteiger partial charge in [0.2, 0.25) is 0 Å². The molecule has 2 saturated carbocycles. The third kappa shape index (κ3) is 6.73. The van der Waals surface area contributed by atoms with Gasteiger partial charge < -0.3 is 24.2 Å². The number of nitrogens with zero attached hydrogens (tertiary/aromatic N) is 9. The lowest BCUT2D eigenvalue weighted by molar-refractivity contribution is -0.177. The van der Waals surface area contributed by atoms with E-state index in [9.17, 15) is 14.7 Å². The van der Waals surface area contributed by atoms with Gasteiger partial charge in [-0.15, -0.1) is 5.10 Å². The highest BCUT2D eigenvalue weighted by Gasteiger charge is 2.58. The molecule has 1 N–H and O–H groups in total. The summed E-state index contributed by atoms with van der Waals surface area (Å²) in [5, 5.41) is 19.9. The van der Waals surface area contributed by atoms with Gasteiger partial charge in [0.25, 0.3) is 0 Å². The Morgan fingerprint density at radius 1 is 1.10 bits per heavy atom. The van der Waals surface area contributed by atoms with Crippen molar-refractivity contribution in [3.8, 4) is 11.3 Å². The highest BCUT2D eigenvalue weighted by atomic mass is 16.5. The average Bonchev–Trinajstić information content (AvgIpc) is 3.89. The van der Waals surface area contributed by atoms with Gasteiger partial charge in [-0.25, -0.2) is 19.6 Å². The molecule has 4 heterocycles. The van der Waals surface area contributed by atoms with E-state index in [0.29, 0.717) is 25.1 Å². The molecule has 3 fully saturated rings. The monoisotopic (exact) mass is 711 g/mol. The Kier molecular flexibility index (Phi) is 10.2. The van der Waals surface area contributed by atoms with Crippen molar-refractivity contribution in [1.82, 2.24) is 39.4 Å². The van der Waals surface area contributed by atoms with Gasteiger partial charge in [0.1, 0.15) is 30.5 Å². The molecule has 8 atom stereocenters. The minimum atomic E-state index is -0.557. The first-order valence-electron chi connectivity index (χ1n) is 19.0. The Bertz CT molecular complexity index is 1880. The van der Waals surface area contributed by atoms with Crippen LogP contribution in [-0.2, 0) is 27.4 Å². The van der Waals surface area contributed by atoms with Crippen molar-refractivity contribution in [2.45, 2.75) is 85.6 Å². The van der Waals surface area contributed by atoms with Crippen LogP contribution in [0.15, 0.2) is 43.1 Å². The molecule has 0 radical (unpaired) electrons. The summed E-state index contributed by atoms with van der Waals surface area (Å²) in [6, 6.07) is 8.10. The van der Waals surface area contributed by atoms with Crippen LogP contribution in [0.3, 0.4) is 0 Å². The quantitative estimate of drug-likeness (QED) is 0.246. The normalized spacial score (nSPS) is 29.1. The van der Waals surface area contributed by atoms with Crippen molar-refractivity contribution in [3.05, 3.63) is 48.7 Å². The molecule has 1 aliphatic heterocycles. The molecule has 278 valence electrons. The first-order valence-corrected chi connectivity index (χ1v) is 19.0. The highest BCUT2D eigenvalue weighted by Crippen LogP contribution is 2.55. The van der Waals surface area contributed by atoms with Crippen molar-refractivity contribution in [2.75, 3.05) is 38.1 Å². The molecule has 1 saturated heterocycles. The molecule has 3 aromatic heterocycles. The van der Waals surface area contributed by atoms with Gasteiger partial charge in [0.15, 0.2) is 17.0 Å². The predicted octanol–water partition coefficient (Wildman–Crippen LogP) is 4.48. The molecule has 1 aromatic carbocycles. The molecule has 2 aliphatic carbocycles. The molecule has 2 unspecified atom stereocenters. The molecule has 7 rings (SSSR count). The third-order valence-corrected chi connectivity index (χ3v) is 12.8. The number of aromatic nitrogens is 7. The van der Waals surface area contributed by atoms with Crippen LogP contribution in [-0.4, -0.2) is 102 Å². The maximum atomic E-state index is 13.6. The minimum Gasteiger partial charge on any atom is -0.460 e. The number of hydrogen-bond acceptors (Lipinski definition) is 11. The molecular formula is C39H53N9O4. The molecule has 52 heavy (non-hydrogen) atoms. The lowest BCUT2D eigenvalue weighted by Gasteiger charge is -2.51. The van der Waals surface area contributed by atoms with Crippen molar-refractivity contribution in [1.29, 1.82) is 0 Å². The topological polar surface area (TPSA) is 144 Å². The number of ether oxygens (including phenoxy) is 1. The summed E-state index contributed by atoms with van der Waals surface area (Å²) in [7, 11) is 2.14. The van der Waals surface area contributed by atoms with Crippen LogP contribution >= 0.6 is 0 Å². The van der Waals surface area contributed by atoms with E-state index in [4.69, 9.17) is 9.72 Å². The summed E-state index contributed by atoms with van der Waals surface area (Å²) >= 11 is 0. The molecular weight excluding hydrogens is 658 g/mol. The second-order valence-corrected chi connectivity index (χ2v) is 15.9. The van der Waals surface area contributed by atoms with E-state index in [-0.39, 0.29) is 41.9 Å². The van der Waals surface area contributed by atoms with Gasteiger partial charge >= 0.3 is 5.97 Å². The lowest BCUT2D eigenvalue weighted by atomic mass is 9.55. The summed E-state index contributed by atoms with van der Waals surface area (Å²) in [6.07, 6.45) is 6.80. The summed E-state index contributed by atoms with van der Waals surface area (Å²) in [5.41, 5.74) is 3.70. The number of benzene rings is 1. The Hall–Kier alpha value is -4.23. The van der Waals surface area contributed by atoms with Crippen molar-refractivity contribution in [3.63, 3.8) is 0 Å². The molecule has 0 amide bonds. The first kappa shape index (κ1) is 36.1. The van der Waals surface area contributed by atoms with E-state index in [1.165, 1.54) is 4.68 Å². The van der Waals surface area contributed by atoms with Gasteiger partial charge in [0.05, 0.1) is 25.2 Å². The van der Waals surface area contributed by atoms with Crippen LogP contribution in [0.5, 0.6) is 0 Å². The fraction of sp³-hybridized carbons (Fsp3) is 0.615. The molecule has 3 aliphatic rings. The largest absolute Gasteiger partial charge is 0.460 e. The Balaban J connectivity index is 1.03. The van der Waals surface area contributed by atoms with Crippen molar-refractivity contribution >= 4 is 28.7 Å². The number of Topliss-reactive ketones (excluding diaryl/α,β-unsaturated/α-hetero) is 1. The number of hydrogen-bond donors (Lipinski definition) is 1. The fourth-order valence-electron chi connectivity index (χ4n) is 9.23. The van der Waals surface area contributed by atoms with E-state index >= 15 is 0 Å².